The molecule has 0 saturated carbocycles. The van der Waals surface area contributed by atoms with Gasteiger partial charge in [-0.15, -0.1) is 0 Å². The number of nitrogens with one attached hydrogen (secondary N) is 1. The van der Waals surface area contributed by atoms with Crippen LogP contribution in [-0.2, 0) is 0 Å². The zero-order valence-electron chi connectivity index (χ0n) is 11.3. The van der Waals surface area contributed by atoms with Gasteiger partial charge in [0.15, 0.2) is 0 Å². The van der Waals surface area contributed by atoms with Gasteiger partial charge in [-0.25, -0.2) is 4.39 Å². The zero-order valence-corrected chi connectivity index (χ0v) is 11.3. The number of halogens is 1. The van der Waals surface area contributed by atoms with Crippen molar-refractivity contribution in [2.24, 2.45) is 4.99 Å². The van der Waals surface area contributed by atoms with Crippen LogP contribution in [-0.4, -0.2) is 20.3 Å². The molecule has 96 valence electrons. The van der Waals surface area contributed by atoms with E-state index in [4.69, 9.17) is 0 Å². The van der Waals surface area contributed by atoms with Gasteiger partial charge in [0, 0.05) is 25.9 Å². The molecule has 1 aromatic rings. The highest BCUT2D eigenvalue weighted by Crippen LogP contribution is 2.30. The van der Waals surface area contributed by atoms with Gasteiger partial charge in [0.2, 0.25) is 0 Å². The number of hydrogen-bond donors (Lipinski definition) is 1. The molecular weight excluding hydrogens is 227 g/mol. The molecule has 2 nitrogen and oxygen atoms in total. The third-order valence-corrected chi connectivity index (χ3v) is 2.74. The van der Waals surface area contributed by atoms with Gasteiger partial charge in [-0.05, 0) is 42.7 Å². The van der Waals surface area contributed by atoms with Crippen molar-refractivity contribution in [2.45, 2.75) is 13.8 Å². The Balaban J connectivity index is 3.36. The van der Waals surface area contributed by atoms with Crippen molar-refractivity contribution < 1.29 is 4.39 Å². The number of anilines is 1. The fraction of sp³-hybridized carbons (Fsp3) is 0.267. The van der Waals surface area contributed by atoms with Gasteiger partial charge in [-0.3, -0.25) is 4.99 Å². The second-order valence-corrected chi connectivity index (χ2v) is 4.03. The molecular formula is C15H19FN2. The van der Waals surface area contributed by atoms with E-state index >= 15 is 0 Å². The standard InChI is InChI=1S/C15H19FN2/c1-6-12(9-17-4)11(3)13-7-10(2)8-14(16)15(13)18-5/h6-9,18H,3H2,1-2,4-5H3/b12-6+,17-9?. The van der Waals surface area contributed by atoms with E-state index in [1.54, 1.807) is 20.3 Å². The van der Waals surface area contributed by atoms with Crippen molar-refractivity contribution in [3.05, 3.63) is 47.3 Å². The first kappa shape index (κ1) is 14.2. The first-order valence-electron chi connectivity index (χ1n) is 5.81. The third kappa shape index (κ3) is 2.86. The van der Waals surface area contributed by atoms with Crippen molar-refractivity contribution >= 4 is 17.5 Å². The van der Waals surface area contributed by atoms with Crippen LogP contribution in [0.15, 0.2) is 35.4 Å². The van der Waals surface area contributed by atoms with Crippen LogP contribution < -0.4 is 5.32 Å². The highest BCUT2D eigenvalue weighted by atomic mass is 19.1. The fourth-order valence-electron chi connectivity index (χ4n) is 1.86. The molecule has 0 bridgehead atoms. The summed E-state index contributed by atoms with van der Waals surface area (Å²) < 4.78 is 13.9. The Kier molecular flexibility index (Phi) is 4.84. The maximum absolute atomic E-state index is 13.9. The summed E-state index contributed by atoms with van der Waals surface area (Å²) in [4.78, 5) is 3.99. The Bertz CT molecular complexity index is 513. The van der Waals surface area contributed by atoms with Gasteiger partial charge < -0.3 is 5.32 Å². The molecule has 3 heteroatoms. The van der Waals surface area contributed by atoms with Crippen LogP contribution >= 0.6 is 0 Å². The molecule has 1 N–H and O–H groups in total. The molecule has 0 atom stereocenters. The van der Waals surface area contributed by atoms with E-state index in [1.165, 1.54) is 6.07 Å². The second-order valence-electron chi connectivity index (χ2n) is 4.03. The van der Waals surface area contributed by atoms with Crippen LogP contribution in [0.3, 0.4) is 0 Å². The number of rotatable bonds is 4. The molecule has 0 fully saturated rings. The van der Waals surface area contributed by atoms with Crippen molar-refractivity contribution in [3.8, 4) is 0 Å². The first-order valence-corrected chi connectivity index (χ1v) is 5.81. The van der Waals surface area contributed by atoms with Crippen LogP contribution in [0.4, 0.5) is 10.1 Å². The average molecular weight is 246 g/mol. The monoisotopic (exact) mass is 246 g/mol. The molecule has 0 unspecified atom stereocenters. The van der Waals surface area contributed by atoms with Gasteiger partial charge in [0.25, 0.3) is 0 Å². The Labute approximate surface area is 108 Å². The van der Waals surface area contributed by atoms with Crippen LogP contribution in [0, 0.1) is 12.7 Å². The smallest absolute Gasteiger partial charge is 0.147 e. The molecule has 0 spiro atoms. The number of hydrogen-bond acceptors (Lipinski definition) is 2. The van der Waals surface area contributed by atoms with Gasteiger partial charge in [-0.1, -0.05) is 12.7 Å². The summed E-state index contributed by atoms with van der Waals surface area (Å²) in [7, 11) is 3.40. The van der Waals surface area contributed by atoms with Crippen LogP contribution in [0.1, 0.15) is 18.1 Å². The average Bonchev–Trinajstić information content (AvgIpc) is 2.34. The molecule has 0 aliphatic heterocycles. The number of aryl methyl sites for hydroxylation is 1. The molecule has 0 amide bonds. The summed E-state index contributed by atoms with van der Waals surface area (Å²) in [5.74, 6) is -0.266. The molecule has 0 radical (unpaired) electrons. The Morgan fingerprint density at radius 1 is 1.44 bits per heavy atom. The minimum Gasteiger partial charge on any atom is -0.385 e. The minimum atomic E-state index is -0.266. The minimum absolute atomic E-state index is 0.266. The number of nitrogens with zero attached hydrogens (tertiary/aromatic N) is 1. The van der Waals surface area contributed by atoms with E-state index < -0.39 is 0 Å². The second kappa shape index (κ2) is 6.15. The lowest BCUT2D eigenvalue weighted by atomic mass is 9.96. The highest BCUT2D eigenvalue weighted by molar-refractivity contribution is 6.02. The summed E-state index contributed by atoms with van der Waals surface area (Å²) in [5.41, 5.74) is 3.75. The number of benzene rings is 1. The lowest BCUT2D eigenvalue weighted by Crippen LogP contribution is -2.01. The molecule has 0 aliphatic rings. The number of allylic oxidation sites excluding steroid dienone is 3. The zero-order chi connectivity index (χ0) is 13.7. The van der Waals surface area contributed by atoms with Crippen molar-refractivity contribution in [3.63, 3.8) is 0 Å². The van der Waals surface area contributed by atoms with Gasteiger partial charge in [0.1, 0.15) is 5.82 Å². The summed E-state index contributed by atoms with van der Waals surface area (Å²) in [6, 6.07) is 3.43. The van der Waals surface area contributed by atoms with E-state index in [9.17, 15) is 4.39 Å². The van der Waals surface area contributed by atoms with Gasteiger partial charge in [-0.2, -0.15) is 0 Å². The van der Waals surface area contributed by atoms with E-state index in [0.29, 0.717) is 5.69 Å². The molecule has 0 heterocycles. The summed E-state index contributed by atoms with van der Waals surface area (Å²) in [5, 5.41) is 2.89. The Morgan fingerprint density at radius 3 is 2.61 bits per heavy atom. The topological polar surface area (TPSA) is 24.4 Å². The van der Waals surface area contributed by atoms with E-state index in [1.807, 2.05) is 26.0 Å². The SMILES string of the molecule is C=C(/C(C=NC)=C/C)c1cc(C)cc(F)c1NC. The molecule has 1 aromatic carbocycles. The predicted molar refractivity (Wildman–Crippen MR) is 77.9 cm³/mol. The maximum atomic E-state index is 13.9. The lowest BCUT2D eigenvalue weighted by molar-refractivity contribution is 0.630. The predicted octanol–water partition coefficient (Wildman–Crippen LogP) is 3.84. The molecule has 1 rings (SSSR count). The highest BCUT2D eigenvalue weighted by Gasteiger charge is 2.12. The Hall–Kier alpha value is -1.90. The normalized spacial score (nSPS) is 11.9. The van der Waals surface area contributed by atoms with Crippen LogP contribution in [0.25, 0.3) is 5.57 Å². The molecule has 0 saturated heterocycles. The van der Waals surface area contributed by atoms with Crippen molar-refractivity contribution in [2.75, 3.05) is 19.4 Å². The fourth-order valence-corrected chi connectivity index (χ4v) is 1.86. The van der Waals surface area contributed by atoms with E-state index in [0.717, 1.165) is 22.3 Å². The van der Waals surface area contributed by atoms with E-state index in [2.05, 4.69) is 16.9 Å². The summed E-state index contributed by atoms with van der Waals surface area (Å²) in [6.45, 7) is 7.81. The van der Waals surface area contributed by atoms with Gasteiger partial charge in [0.05, 0.1) is 5.69 Å². The van der Waals surface area contributed by atoms with Gasteiger partial charge >= 0.3 is 0 Å². The maximum Gasteiger partial charge on any atom is 0.147 e. The summed E-state index contributed by atoms with van der Waals surface area (Å²) >= 11 is 0. The largest absolute Gasteiger partial charge is 0.385 e. The molecule has 0 aliphatic carbocycles. The first-order chi connectivity index (χ1) is 8.54. The van der Waals surface area contributed by atoms with Crippen LogP contribution in [0.2, 0.25) is 0 Å². The van der Waals surface area contributed by atoms with Crippen molar-refractivity contribution in [1.29, 1.82) is 0 Å². The quantitative estimate of drug-likeness (QED) is 0.633. The Morgan fingerprint density at radius 2 is 2.11 bits per heavy atom. The van der Waals surface area contributed by atoms with Crippen LogP contribution in [0.5, 0.6) is 0 Å². The summed E-state index contributed by atoms with van der Waals surface area (Å²) in [6.07, 6.45) is 3.64. The van der Waals surface area contributed by atoms with E-state index in [-0.39, 0.29) is 5.82 Å². The lowest BCUT2D eigenvalue weighted by Gasteiger charge is -2.14. The third-order valence-electron chi connectivity index (χ3n) is 2.74. The van der Waals surface area contributed by atoms with Crippen molar-refractivity contribution in [1.82, 2.24) is 0 Å². The number of aliphatic imine (C=N–C) groups is 1. The molecule has 18 heavy (non-hydrogen) atoms. The molecule has 0 aromatic heterocycles.